The zero-order valence-electron chi connectivity index (χ0n) is 13.1. The summed E-state index contributed by atoms with van der Waals surface area (Å²) in [5.41, 5.74) is 0.985. The number of benzene rings is 2. The van der Waals surface area contributed by atoms with Gasteiger partial charge in [0.1, 0.15) is 17.2 Å². The van der Waals surface area contributed by atoms with Gasteiger partial charge in [0.15, 0.2) is 0 Å². The average molecular weight is 363 g/mol. The van der Waals surface area contributed by atoms with Crippen molar-refractivity contribution in [2.75, 3.05) is 11.9 Å². The molecule has 7 heteroatoms. The summed E-state index contributed by atoms with van der Waals surface area (Å²) in [5, 5.41) is 3.78. The molecule has 2 aromatic carbocycles. The van der Waals surface area contributed by atoms with Gasteiger partial charge in [-0.05, 0) is 37.3 Å². The molecule has 1 heterocycles. The summed E-state index contributed by atoms with van der Waals surface area (Å²) in [5.74, 6) is -2.10. The zero-order valence-corrected chi connectivity index (χ0v) is 13.9. The van der Waals surface area contributed by atoms with Gasteiger partial charge in [-0.15, -0.1) is 0 Å². The van der Waals surface area contributed by atoms with Crippen molar-refractivity contribution in [2.45, 2.75) is 6.92 Å². The lowest BCUT2D eigenvalue weighted by Gasteiger charge is -2.15. The van der Waals surface area contributed by atoms with Crippen molar-refractivity contribution in [1.82, 2.24) is 4.98 Å². The Kier molecular flexibility index (Phi) is 4.81. The molecule has 0 saturated carbocycles. The van der Waals surface area contributed by atoms with Gasteiger partial charge in [-0.3, -0.25) is 4.98 Å². The number of carbonyl (C=O) groups is 1. The first-order valence-corrected chi connectivity index (χ1v) is 7.85. The Bertz CT molecular complexity index is 963. The molecule has 0 amide bonds. The SMILES string of the molecule is CCOC(=O)c1cnc2ccc(Cl)cc2c1Nc1ccc(F)cc1F. The number of hydrogen-bond acceptors (Lipinski definition) is 4. The highest BCUT2D eigenvalue weighted by molar-refractivity contribution is 6.31. The lowest BCUT2D eigenvalue weighted by Crippen LogP contribution is -2.09. The van der Waals surface area contributed by atoms with E-state index in [-0.39, 0.29) is 23.5 Å². The number of fused-ring (bicyclic) bond motifs is 1. The molecule has 0 atom stereocenters. The van der Waals surface area contributed by atoms with Crippen molar-refractivity contribution in [1.29, 1.82) is 0 Å². The van der Waals surface area contributed by atoms with E-state index in [9.17, 15) is 13.6 Å². The fourth-order valence-corrected chi connectivity index (χ4v) is 2.56. The van der Waals surface area contributed by atoms with Gasteiger partial charge in [-0.25, -0.2) is 13.6 Å². The molecule has 128 valence electrons. The van der Waals surface area contributed by atoms with Crippen LogP contribution in [0.2, 0.25) is 5.02 Å². The van der Waals surface area contributed by atoms with E-state index >= 15 is 0 Å². The van der Waals surface area contributed by atoms with E-state index in [4.69, 9.17) is 16.3 Å². The number of pyridine rings is 1. The monoisotopic (exact) mass is 362 g/mol. The number of esters is 1. The maximum atomic E-state index is 14.0. The van der Waals surface area contributed by atoms with Crippen LogP contribution in [-0.2, 0) is 4.74 Å². The minimum Gasteiger partial charge on any atom is -0.462 e. The third kappa shape index (κ3) is 3.53. The molecule has 0 fully saturated rings. The number of hydrogen-bond donors (Lipinski definition) is 1. The van der Waals surface area contributed by atoms with Gasteiger partial charge < -0.3 is 10.1 Å². The number of nitrogens with zero attached hydrogens (tertiary/aromatic N) is 1. The maximum absolute atomic E-state index is 14.0. The van der Waals surface area contributed by atoms with Crippen molar-refractivity contribution in [3.8, 4) is 0 Å². The zero-order chi connectivity index (χ0) is 18.0. The molecule has 4 nitrogen and oxygen atoms in total. The third-order valence-corrected chi connectivity index (χ3v) is 3.75. The van der Waals surface area contributed by atoms with E-state index in [0.717, 1.165) is 12.1 Å². The molecule has 0 aliphatic carbocycles. The highest BCUT2D eigenvalue weighted by atomic mass is 35.5. The normalized spacial score (nSPS) is 10.7. The molecule has 0 bridgehead atoms. The smallest absolute Gasteiger partial charge is 0.341 e. The van der Waals surface area contributed by atoms with Crippen molar-refractivity contribution in [2.24, 2.45) is 0 Å². The maximum Gasteiger partial charge on any atom is 0.341 e. The molecule has 1 aromatic heterocycles. The Morgan fingerprint density at radius 1 is 1.24 bits per heavy atom. The summed E-state index contributed by atoms with van der Waals surface area (Å²) in [7, 11) is 0. The molecule has 0 unspecified atom stereocenters. The Morgan fingerprint density at radius 3 is 2.76 bits per heavy atom. The van der Waals surface area contributed by atoms with E-state index in [2.05, 4.69) is 10.3 Å². The number of anilines is 2. The Labute approximate surface area is 147 Å². The summed E-state index contributed by atoms with van der Waals surface area (Å²) in [6.45, 7) is 1.85. The van der Waals surface area contributed by atoms with Crippen LogP contribution in [0.25, 0.3) is 10.9 Å². The minimum absolute atomic E-state index is 0.0134. The van der Waals surface area contributed by atoms with Crippen LogP contribution in [0.5, 0.6) is 0 Å². The molecular weight excluding hydrogens is 350 g/mol. The quantitative estimate of drug-likeness (QED) is 0.657. The molecule has 0 radical (unpaired) electrons. The summed E-state index contributed by atoms with van der Waals surface area (Å²) < 4.78 is 32.2. The molecule has 25 heavy (non-hydrogen) atoms. The number of nitrogens with one attached hydrogen (secondary N) is 1. The van der Waals surface area contributed by atoms with Crippen LogP contribution >= 0.6 is 11.6 Å². The molecule has 0 spiro atoms. The predicted octanol–water partition coefficient (Wildman–Crippen LogP) is 5.09. The van der Waals surface area contributed by atoms with E-state index in [1.807, 2.05) is 0 Å². The van der Waals surface area contributed by atoms with Crippen LogP contribution in [0.4, 0.5) is 20.2 Å². The standard InChI is InChI=1S/C18H13ClF2N2O2/c1-2-25-18(24)13-9-22-15-5-3-10(19)7-12(15)17(13)23-16-6-4-11(20)8-14(16)21/h3-9H,2H2,1H3,(H,22,23). The Morgan fingerprint density at radius 2 is 2.04 bits per heavy atom. The molecular formula is C18H13ClF2N2O2. The van der Waals surface area contributed by atoms with Crippen molar-refractivity contribution >= 4 is 39.8 Å². The van der Waals surface area contributed by atoms with Gasteiger partial charge in [-0.1, -0.05) is 11.6 Å². The first-order chi connectivity index (χ1) is 12.0. The van der Waals surface area contributed by atoms with E-state index in [1.54, 1.807) is 25.1 Å². The third-order valence-electron chi connectivity index (χ3n) is 3.52. The van der Waals surface area contributed by atoms with Crippen LogP contribution in [0.1, 0.15) is 17.3 Å². The van der Waals surface area contributed by atoms with E-state index in [1.165, 1.54) is 12.3 Å². The summed E-state index contributed by atoms with van der Waals surface area (Å²) in [6.07, 6.45) is 1.35. The highest BCUT2D eigenvalue weighted by Gasteiger charge is 2.18. The first kappa shape index (κ1) is 17.1. The molecule has 3 aromatic rings. The van der Waals surface area contributed by atoms with Crippen LogP contribution in [0.3, 0.4) is 0 Å². The summed E-state index contributed by atoms with van der Waals surface area (Å²) in [4.78, 5) is 16.4. The van der Waals surface area contributed by atoms with Crippen molar-refractivity contribution < 1.29 is 18.3 Å². The van der Waals surface area contributed by atoms with Gasteiger partial charge in [0.05, 0.1) is 23.5 Å². The number of aromatic nitrogens is 1. The van der Waals surface area contributed by atoms with Crippen LogP contribution < -0.4 is 5.32 Å². The number of rotatable bonds is 4. The second-order valence-corrected chi connectivity index (χ2v) is 5.61. The second kappa shape index (κ2) is 7.03. The largest absolute Gasteiger partial charge is 0.462 e. The van der Waals surface area contributed by atoms with Crippen molar-refractivity contribution in [3.05, 3.63) is 64.8 Å². The lowest BCUT2D eigenvalue weighted by atomic mass is 10.1. The topological polar surface area (TPSA) is 51.2 Å². The first-order valence-electron chi connectivity index (χ1n) is 7.47. The van der Waals surface area contributed by atoms with Gasteiger partial charge in [-0.2, -0.15) is 0 Å². The molecule has 0 saturated heterocycles. The highest BCUT2D eigenvalue weighted by Crippen LogP contribution is 2.32. The van der Waals surface area contributed by atoms with Gasteiger partial charge in [0.25, 0.3) is 0 Å². The van der Waals surface area contributed by atoms with E-state index < -0.39 is 17.6 Å². The average Bonchev–Trinajstić information content (AvgIpc) is 2.57. The molecule has 0 aliphatic rings. The van der Waals surface area contributed by atoms with Gasteiger partial charge in [0.2, 0.25) is 0 Å². The summed E-state index contributed by atoms with van der Waals surface area (Å²) >= 11 is 6.04. The second-order valence-electron chi connectivity index (χ2n) is 5.18. The Hall–Kier alpha value is -2.73. The van der Waals surface area contributed by atoms with E-state index in [0.29, 0.717) is 15.9 Å². The fraction of sp³-hybridized carbons (Fsp3) is 0.111. The number of ether oxygens (including phenoxy) is 1. The number of carbonyl (C=O) groups excluding carboxylic acids is 1. The predicted molar refractivity (Wildman–Crippen MR) is 92.4 cm³/mol. The fourth-order valence-electron chi connectivity index (χ4n) is 2.39. The van der Waals surface area contributed by atoms with Crippen LogP contribution in [0.15, 0.2) is 42.6 Å². The van der Waals surface area contributed by atoms with Gasteiger partial charge in [0, 0.05) is 22.7 Å². The minimum atomic E-state index is -0.790. The van der Waals surface area contributed by atoms with Gasteiger partial charge >= 0.3 is 5.97 Å². The molecule has 3 rings (SSSR count). The van der Waals surface area contributed by atoms with Crippen molar-refractivity contribution in [3.63, 3.8) is 0 Å². The number of halogens is 3. The van der Waals surface area contributed by atoms with Crippen LogP contribution in [-0.4, -0.2) is 17.6 Å². The Balaban J connectivity index is 2.19. The lowest BCUT2D eigenvalue weighted by molar-refractivity contribution is 0.0527. The molecule has 1 N–H and O–H groups in total. The molecule has 0 aliphatic heterocycles. The summed E-state index contributed by atoms with van der Waals surface area (Å²) in [6, 6.07) is 8.06. The van der Waals surface area contributed by atoms with Crippen LogP contribution in [0, 0.1) is 11.6 Å².